The molecule has 1 fully saturated rings. The van der Waals surface area contributed by atoms with E-state index in [2.05, 4.69) is 44.5 Å². The number of halogens is 1. The number of hydrogen-bond acceptors (Lipinski definition) is 5. The third-order valence-corrected chi connectivity index (χ3v) is 4.73. The fourth-order valence-corrected chi connectivity index (χ4v) is 3.09. The van der Waals surface area contributed by atoms with Gasteiger partial charge in [-0.05, 0) is 25.2 Å². The molecule has 9 heteroatoms. The molecule has 2 heterocycles. The number of nitrogens with zero attached hydrogens (tertiary/aromatic N) is 4. The molecular formula is C18H33IN6O2. The summed E-state index contributed by atoms with van der Waals surface area (Å²) in [6.07, 6.45) is 4.34. The Morgan fingerprint density at radius 2 is 2.07 bits per heavy atom. The van der Waals surface area contributed by atoms with Crippen LogP contribution in [0.3, 0.4) is 0 Å². The summed E-state index contributed by atoms with van der Waals surface area (Å²) < 4.78 is 5.27. The maximum Gasteiger partial charge on any atom is 0.226 e. The molecule has 2 N–H and O–H groups in total. The van der Waals surface area contributed by atoms with E-state index >= 15 is 0 Å². The Morgan fingerprint density at radius 1 is 1.37 bits per heavy atom. The number of carbonyl (C=O) groups excluding carboxylic acids is 1. The first-order valence-corrected chi connectivity index (χ1v) is 9.52. The molecule has 0 radical (unpaired) electrons. The van der Waals surface area contributed by atoms with Crippen LogP contribution < -0.4 is 10.6 Å². The summed E-state index contributed by atoms with van der Waals surface area (Å²) >= 11 is 0. The van der Waals surface area contributed by atoms with E-state index in [0.717, 1.165) is 57.1 Å². The lowest BCUT2D eigenvalue weighted by Gasteiger charge is -2.34. The number of carbonyl (C=O) groups is 1. The number of rotatable bonds is 7. The van der Waals surface area contributed by atoms with Crippen molar-refractivity contribution >= 4 is 35.8 Å². The van der Waals surface area contributed by atoms with E-state index in [1.807, 2.05) is 7.05 Å². The first kappa shape index (κ1) is 23.6. The zero-order valence-electron chi connectivity index (χ0n) is 16.8. The van der Waals surface area contributed by atoms with Crippen molar-refractivity contribution in [1.82, 2.24) is 25.7 Å². The Hall–Kier alpha value is -1.39. The molecule has 1 saturated heterocycles. The maximum atomic E-state index is 11.5. The number of piperidine rings is 1. The van der Waals surface area contributed by atoms with Crippen LogP contribution in [0.2, 0.25) is 0 Å². The average molecular weight is 492 g/mol. The van der Waals surface area contributed by atoms with Crippen molar-refractivity contribution in [2.75, 3.05) is 33.7 Å². The second kappa shape index (κ2) is 12.1. The largest absolute Gasteiger partial charge is 0.359 e. The first-order valence-electron chi connectivity index (χ1n) is 9.52. The third kappa shape index (κ3) is 7.63. The smallest absolute Gasteiger partial charge is 0.226 e. The number of amides is 1. The van der Waals surface area contributed by atoms with E-state index < -0.39 is 0 Å². The van der Waals surface area contributed by atoms with Crippen molar-refractivity contribution in [3.63, 3.8) is 0 Å². The number of aromatic nitrogens is 2. The van der Waals surface area contributed by atoms with Gasteiger partial charge in [0.05, 0.1) is 0 Å². The number of guanidine groups is 1. The molecule has 1 aliphatic rings. The summed E-state index contributed by atoms with van der Waals surface area (Å²) in [5.41, 5.74) is 0. The van der Waals surface area contributed by atoms with Gasteiger partial charge in [0.2, 0.25) is 11.8 Å². The number of hydrogen-bond donors (Lipinski definition) is 2. The second-order valence-electron chi connectivity index (χ2n) is 7.09. The molecule has 0 aromatic carbocycles. The minimum absolute atomic E-state index is 0. The van der Waals surface area contributed by atoms with Crippen molar-refractivity contribution in [3.05, 3.63) is 11.7 Å². The highest BCUT2D eigenvalue weighted by atomic mass is 127. The molecule has 0 saturated carbocycles. The van der Waals surface area contributed by atoms with Gasteiger partial charge in [0.1, 0.15) is 0 Å². The second-order valence-corrected chi connectivity index (χ2v) is 7.09. The van der Waals surface area contributed by atoms with Crippen molar-refractivity contribution in [3.8, 4) is 0 Å². The molecule has 0 bridgehead atoms. The molecule has 0 aliphatic carbocycles. The Bertz CT molecular complexity index is 596. The van der Waals surface area contributed by atoms with Crippen LogP contribution in [0.1, 0.15) is 57.2 Å². The SMILES string of the molecule is CN=C(NCCCc1nc(C(C)C)no1)N1CCC(CC(=O)NC)CC1.I. The van der Waals surface area contributed by atoms with Crippen LogP contribution in [0, 0.1) is 5.92 Å². The van der Waals surface area contributed by atoms with Gasteiger partial charge in [0.15, 0.2) is 11.8 Å². The van der Waals surface area contributed by atoms with E-state index in [9.17, 15) is 4.79 Å². The molecule has 27 heavy (non-hydrogen) atoms. The van der Waals surface area contributed by atoms with E-state index in [-0.39, 0.29) is 35.8 Å². The van der Waals surface area contributed by atoms with Crippen LogP contribution in [-0.4, -0.2) is 60.6 Å². The predicted molar refractivity (Wildman–Crippen MR) is 116 cm³/mol. The quantitative estimate of drug-likeness (QED) is 0.262. The summed E-state index contributed by atoms with van der Waals surface area (Å²) in [5.74, 6) is 3.28. The Labute approximate surface area is 179 Å². The van der Waals surface area contributed by atoms with Gasteiger partial charge in [-0.2, -0.15) is 4.98 Å². The normalized spacial score (nSPS) is 15.6. The fraction of sp³-hybridized carbons (Fsp3) is 0.778. The van der Waals surface area contributed by atoms with Crippen LogP contribution >= 0.6 is 24.0 Å². The summed E-state index contributed by atoms with van der Waals surface area (Å²) in [5, 5.41) is 10.1. The van der Waals surface area contributed by atoms with Crippen molar-refractivity contribution in [2.24, 2.45) is 10.9 Å². The molecule has 0 atom stereocenters. The lowest BCUT2D eigenvalue weighted by atomic mass is 9.93. The van der Waals surface area contributed by atoms with Gasteiger partial charge in [-0.25, -0.2) is 0 Å². The Morgan fingerprint density at radius 3 is 2.63 bits per heavy atom. The molecule has 0 unspecified atom stereocenters. The van der Waals surface area contributed by atoms with E-state index in [1.165, 1.54) is 0 Å². The monoisotopic (exact) mass is 492 g/mol. The van der Waals surface area contributed by atoms with E-state index in [1.54, 1.807) is 7.05 Å². The molecule has 2 rings (SSSR count). The predicted octanol–water partition coefficient (Wildman–Crippen LogP) is 2.17. The van der Waals surface area contributed by atoms with Crippen LogP contribution in [0.5, 0.6) is 0 Å². The average Bonchev–Trinajstić information content (AvgIpc) is 3.12. The number of nitrogens with one attached hydrogen (secondary N) is 2. The molecule has 1 aliphatic heterocycles. The first-order chi connectivity index (χ1) is 12.5. The lowest BCUT2D eigenvalue weighted by molar-refractivity contribution is -0.121. The summed E-state index contributed by atoms with van der Waals surface area (Å²) in [6.45, 7) is 6.78. The fourth-order valence-electron chi connectivity index (χ4n) is 3.09. The van der Waals surface area contributed by atoms with Gasteiger partial charge in [0.25, 0.3) is 0 Å². The van der Waals surface area contributed by atoms with Gasteiger partial charge in [-0.3, -0.25) is 9.79 Å². The van der Waals surface area contributed by atoms with Crippen molar-refractivity contribution in [2.45, 2.75) is 51.9 Å². The molecule has 0 spiro atoms. The van der Waals surface area contributed by atoms with Gasteiger partial charge in [-0.15, -0.1) is 24.0 Å². The molecular weight excluding hydrogens is 459 g/mol. The minimum atomic E-state index is 0. The van der Waals surface area contributed by atoms with Crippen molar-refractivity contribution in [1.29, 1.82) is 0 Å². The lowest BCUT2D eigenvalue weighted by Crippen LogP contribution is -2.46. The van der Waals surface area contributed by atoms with E-state index in [4.69, 9.17) is 4.52 Å². The van der Waals surface area contributed by atoms with Gasteiger partial charge in [-0.1, -0.05) is 19.0 Å². The third-order valence-electron chi connectivity index (χ3n) is 4.73. The minimum Gasteiger partial charge on any atom is -0.359 e. The van der Waals surface area contributed by atoms with E-state index in [0.29, 0.717) is 18.2 Å². The molecule has 1 aromatic rings. The summed E-state index contributed by atoms with van der Waals surface area (Å²) in [7, 11) is 3.51. The molecule has 1 aromatic heterocycles. The summed E-state index contributed by atoms with van der Waals surface area (Å²) in [6, 6.07) is 0. The zero-order valence-corrected chi connectivity index (χ0v) is 19.2. The summed E-state index contributed by atoms with van der Waals surface area (Å²) in [4.78, 5) is 22.6. The van der Waals surface area contributed by atoms with Crippen LogP contribution in [0.15, 0.2) is 9.52 Å². The van der Waals surface area contributed by atoms with Crippen LogP contribution in [0.4, 0.5) is 0 Å². The highest BCUT2D eigenvalue weighted by Crippen LogP contribution is 2.20. The maximum absolute atomic E-state index is 11.5. The molecule has 8 nitrogen and oxygen atoms in total. The Kier molecular flexibility index (Phi) is 10.6. The highest BCUT2D eigenvalue weighted by molar-refractivity contribution is 14.0. The number of aliphatic imine (C=N–C) groups is 1. The van der Waals surface area contributed by atoms with Crippen LogP contribution in [-0.2, 0) is 11.2 Å². The van der Waals surface area contributed by atoms with Gasteiger partial charge >= 0.3 is 0 Å². The highest BCUT2D eigenvalue weighted by Gasteiger charge is 2.22. The number of aryl methyl sites for hydroxylation is 1. The molecule has 154 valence electrons. The standard InChI is InChI=1S/C18H32N6O2.HI/c1-13(2)17-22-16(26-23-17)6-5-9-21-18(20-4)24-10-7-14(8-11-24)12-15(25)19-3;/h13-14H,5-12H2,1-4H3,(H,19,25)(H,20,21);1H. The van der Waals surface area contributed by atoms with Gasteiger partial charge in [0, 0.05) is 52.5 Å². The van der Waals surface area contributed by atoms with Crippen molar-refractivity contribution < 1.29 is 9.32 Å². The molecule has 1 amide bonds. The number of likely N-dealkylation sites (tertiary alicyclic amines) is 1. The van der Waals surface area contributed by atoms with Crippen LogP contribution in [0.25, 0.3) is 0 Å². The Balaban J connectivity index is 0.00000364. The topological polar surface area (TPSA) is 95.7 Å². The zero-order chi connectivity index (χ0) is 18.9. The van der Waals surface area contributed by atoms with Gasteiger partial charge < -0.3 is 20.1 Å².